The van der Waals surface area contributed by atoms with Crippen molar-refractivity contribution in [1.82, 2.24) is 19.7 Å². The molecule has 1 aromatic rings. The first kappa shape index (κ1) is 16.4. The summed E-state index contributed by atoms with van der Waals surface area (Å²) < 4.78 is 7.30. The Hall–Kier alpha value is -1.51. The first-order valence-corrected chi connectivity index (χ1v) is 8.16. The Morgan fingerprint density at radius 3 is 2.78 bits per heavy atom. The third kappa shape index (κ3) is 3.24. The molecule has 2 fully saturated rings. The van der Waals surface area contributed by atoms with Crippen molar-refractivity contribution in [3.63, 3.8) is 0 Å². The summed E-state index contributed by atoms with van der Waals surface area (Å²) in [7, 11) is 0. The second kappa shape index (κ2) is 6.94. The van der Waals surface area contributed by atoms with Crippen molar-refractivity contribution in [1.29, 1.82) is 0 Å². The molecule has 2 heterocycles. The lowest BCUT2D eigenvalue weighted by molar-refractivity contribution is -0.213. The fourth-order valence-electron chi connectivity index (χ4n) is 3.70. The number of amides is 1. The predicted molar refractivity (Wildman–Crippen MR) is 80.3 cm³/mol. The van der Waals surface area contributed by atoms with Crippen molar-refractivity contribution in [3.8, 4) is 0 Å². The highest BCUT2D eigenvalue weighted by atomic mass is 16.5. The summed E-state index contributed by atoms with van der Waals surface area (Å²) in [5, 5.41) is 23.1. The number of hydrogen-bond acceptors (Lipinski definition) is 6. The highest BCUT2D eigenvalue weighted by Gasteiger charge is 2.56. The van der Waals surface area contributed by atoms with Gasteiger partial charge in [-0.1, -0.05) is 0 Å². The van der Waals surface area contributed by atoms with E-state index in [0.717, 1.165) is 12.8 Å². The summed E-state index contributed by atoms with van der Waals surface area (Å²) in [5.74, 6) is 0.108. The molecule has 2 N–H and O–H groups in total. The molecular weight excluding hydrogens is 300 g/mol. The van der Waals surface area contributed by atoms with Crippen LogP contribution in [0, 0.1) is 5.41 Å². The van der Waals surface area contributed by atoms with Crippen LogP contribution in [0.2, 0.25) is 0 Å². The van der Waals surface area contributed by atoms with Gasteiger partial charge < -0.3 is 19.8 Å². The Balaban J connectivity index is 1.48. The zero-order valence-corrected chi connectivity index (χ0v) is 13.2. The van der Waals surface area contributed by atoms with Gasteiger partial charge in [0.2, 0.25) is 5.91 Å². The van der Waals surface area contributed by atoms with Crippen LogP contribution in [0.4, 0.5) is 0 Å². The average Bonchev–Trinajstić information content (AvgIpc) is 3.10. The third-order valence-corrected chi connectivity index (χ3v) is 5.22. The molecule has 1 aliphatic heterocycles. The number of aryl methyl sites for hydroxylation is 1. The van der Waals surface area contributed by atoms with Gasteiger partial charge >= 0.3 is 0 Å². The largest absolute Gasteiger partial charge is 0.394 e. The smallest absolute Gasteiger partial charge is 0.224 e. The Kier molecular flexibility index (Phi) is 4.93. The van der Waals surface area contributed by atoms with E-state index < -0.39 is 0 Å². The summed E-state index contributed by atoms with van der Waals surface area (Å²) in [4.78, 5) is 18.0. The van der Waals surface area contributed by atoms with E-state index in [1.54, 1.807) is 11.0 Å². The molecule has 23 heavy (non-hydrogen) atoms. The minimum absolute atomic E-state index is 0.00273. The number of piperidine rings is 1. The molecular formula is C15H24N4O4. The lowest BCUT2D eigenvalue weighted by Gasteiger charge is -2.56. The van der Waals surface area contributed by atoms with Crippen molar-refractivity contribution >= 4 is 5.91 Å². The van der Waals surface area contributed by atoms with Gasteiger partial charge in [0.25, 0.3) is 0 Å². The summed E-state index contributed by atoms with van der Waals surface area (Å²) in [6.45, 7) is 2.12. The van der Waals surface area contributed by atoms with E-state index in [-0.39, 0.29) is 30.1 Å². The van der Waals surface area contributed by atoms with E-state index in [1.165, 1.54) is 6.33 Å². The molecule has 8 nitrogen and oxygen atoms in total. The topological polar surface area (TPSA) is 101 Å². The SMILES string of the molecule is O=C(CCn1cncn1)N1CCC2(CC1)[C@H](O)C[C@@H]2OCCO. The Morgan fingerprint density at radius 2 is 2.17 bits per heavy atom. The molecule has 2 aliphatic rings. The van der Waals surface area contributed by atoms with E-state index in [4.69, 9.17) is 9.84 Å². The van der Waals surface area contributed by atoms with E-state index in [2.05, 4.69) is 10.1 Å². The summed E-state index contributed by atoms with van der Waals surface area (Å²) >= 11 is 0. The number of aliphatic hydroxyl groups is 2. The van der Waals surface area contributed by atoms with Gasteiger partial charge in [0.15, 0.2) is 0 Å². The monoisotopic (exact) mass is 324 g/mol. The molecule has 128 valence electrons. The molecule has 1 amide bonds. The quantitative estimate of drug-likeness (QED) is 0.726. The highest BCUT2D eigenvalue weighted by molar-refractivity contribution is 5.76. The van der Waals surface area contributed by atoms with Crippen LogP contribution < -0.4 is 0 Å². The number of rotatable bonds is 6. The molecule has 0 radical (unpaired) electrons. The summed E-state index contributed by atoms with van der Waals surface area (Å²) in [5.41, 5.74) is -0.238. The number of ether oxygens (including phenoxy) is 1. The van der Waals surface area contributed by atoms with Crippen molar-refractivity contribution < 1.29 is 19.7 Å². The zero-order valence-electron chi connectivity index (χ0n) is 13.2. The Bertz CT molecular complexity index is 514. The van der Waals surface area contributed by atoms with Crippen molar-refractivity contribution in [2.24, 2.45) is 5.41 Å². The predicted octanol–water partition coefficient (Wildman–Crippen LogP) is -0.581. The molecule has 0 unspecified atom stereocenters. The maximum absolute atomic E-state index is 12.3. The minimum atomic E-state index is -0.362. The number of carbonyl (C=O) groups excluding carboxylic acids is 1. The molecule has 8 heteroatoms. The van der Waals surface area contributed by atoms with Gasteiger partial charge in [0.1, 0.15) is 12.7 Å². The van der Waals surface area contributed by atoms with Crippen LogP contribution in [-0.2, 0) is 16.1 Å². The molecule has 3 rings (SSSR count). The fraction of sp³-hybridized carbons (Fsp3) is 0.800. The van der Waals surface area contributed by atoms with Crippen LogP contribution in [0.1, 0.15) is 25.7 Å². The molecule has 1 saturated heterocycles. The second-order valence-corrected chi connectivity index (χ2v) is 6.36. The fourth-order valence-corrected chi connectivity index (χ4v) is 3.70. The first-order valence-electron chi connectivity index (χ1n) is 8.16. The van der Waals surface area contributed by atoms with Gasteiger partial charge in [0, 0.05) is 31.3 Å². The molecule has 0 bridgehead atoms. The highest BCUT2D eigenvalue weighted by Crippen LogP contribution is 2.50. The van der Waals surface area contributed by atoms with E-state index >= 15 is 0 Å². The van der Waals surface area contributed by atoms with Crippen LogP contribution in [0.3, 0.4) is 0 Å². The molecule has 0 aromatic carbocycles. The maximum atomic E-state index is 12.3. The van der Waals surface area contributed by atoms with Crippen LogP contribution >= 0.6 is 0 Å². The maximum Gasteiger partial charge on any atom is 0.224 e. The molecule has 2 atom stereocenters. The lowest BCUT2D eigenvalue weighted by atomic mass is 9.58. The lowest BCUT2D eigenvalue weighted by Crippen LogP contribution is -2.62. The van der Waals surface area contributed by atoms with Gasteiger partial charge in [-0.2, -0.15) is 5.10 Å². The van der Waals surface area contributed by atoms with Crippen molar-refractivity contribution in [2.75, 3.05) is 26.3 Å². The van der Waals surface area contributed by atoms with E-state index in [9.17, 15) is 9.90 Å². The summed E-state index contributed by atoms with van der Waals surface area (Å²) in [6, 6.07) is 0. The molecule has 1 aromatic heterocycles. The van der Waals surface area contributed by atoms with Gasteiger partial charge in [-0.15, -0.1) is 0 Å². The number of aromatic nitrogens is 3. The van der Waals surface area contributed by atoms with Crippen molar-refractivity contribution in [2.45, 2.75) is 44.4 Å². The van der Waals surface area contributed by atoms with Gasteiger partial charge in [-0.05, 0) is 12.8 Å². The van der Waals surface area contributed by atoms with Crippen molar-refractivity contribution in [3.05, 3.63) is 12.7 Å². The number of carbonyl (C=O) groups is 1. The van der Waals surface area contributed by atoms with Crippen LogP contribution in [0.25, 0.3) is 0 Å². The minimum Gasteiger partial charge on any atom is -0.394 e. The standard InChI is InChI=1S/C15H24N4O4/c20-7-8-23-13-9-12(21)15(13)2-5-18(6-3-15)14(22)1-4-19-11-16-10-17-19/h10-13,20-21H,1-9H2/t12-,13+/m1/s1. The van der Waals surface area contributed by atoms with E-state index in [1.807, 2.05) is 4.90 Å². The van der Waals surface area contributed by atoms with E-state index in [0.29, 0.717) is 39.1 Å². The number of aliphatic hydroxyl groups excluding tert-OH is 2. The number of hydrogen-bond donors (Lipinski definition) is 2. The zero-order chi connectivity index (χ0) is 16.3. The van der Waals surface area contributed by atoms with Gasteiger partial charge in [0.05, 0.1) is 32.0 Å². The number of likely N-dealkylation sites (tertiary alicyclic amines) is 1. The first-order chi connectivity index (χ1) is 11.2. The van der Waals surface area contributed by atoms with Crippen LogP contribution in [-0.4, -0.2) is 74.3 Å². The second-order valence-electron chi connectivity index (χ2n) is 6.36. The molecule has 1 aliphatic carbocycles. The van der Waals surface area contributed by atoms with Crippen LogP contribution in [0.15, 0.2) is 12.7 Å². The normalized spacial score (nSPS) is 26.3. The Morgan fingerprint density at radius 1 is 1.39 bits per heavy atom. The summed E-state index contributed by atoms with van der Waals surface area (Å²) in [6.07, 6.45) is 5.23. The van der Waals surface area contributed by atoms with Gasteiger partial charge in [-0.25, -0.2) is 4.98 Å². The van der Waals surface area contributed by atoms with Gasteiger partial charge in [-0.3, -0.25) is 9.48 Å². The average molecular weight is 324 g/mol. The Labute approximate surface area is 135 Å². The molecule has 1 saturated carbocycles. The number of nitrogens with zero attached hydrogens (tertiary/aromatic N) is 4. The third-order valence-electron chi connectivity index (χ3n) is 5.22. The molecule has 1 spiro atoms. The van der Waals surface area contributed by atoms with Crippen LogP contribution in [0.5, 0.6) is 0 Å².